The molecule has 1 aromatic heterocycles. The maximum Gasteiger partial charge on any atom is 0.417 e. The lowest BCUT2D eigenvalue weighted by Crippen LogP contribution is -2.08. The van der Waals surface area contributed by atoms with Crippen molar-refractivity contribution >= 4 is 16.9 Å². The van der Waals surface area contributed by atoms with Crippen molar-refractivity contribution in [2.75, 3.05) is 0 Å². The number of carboxylic acids is 1. The van der Waals surface area contributed by atoms with Gasteiger partial charge >= 0.3 is 12.1 Å². The molecule has 20 heavy (non-hydrogen) atoms. The smallest absolute Gasteiger partial charge is 0.417 e. The van der Waals surface area contributed by atoms with E-state index in [9.17, 15) is 18.0 Å². The number of aliphatic carboxylic acids is 1. The highest BCUT2D eigenvalue weighted by atomic mass is 19.4. The summed E-state index contributed by atoms with van der Waals surface area (Å²) in [4.78, 5) is 14.7. The van der Waals surface area contributed by atoms with Crippen LogP contribution in [0, 0.1) is 6.92 Å². The average molecular weight is 283 g/mol. The first-order valence-electron chi connectivity index (χ1n) is 5.97. The van der Waals surface area contributed by atoms with Crippen LogP contribution in [-0.2, 0) is 17.4 Å². The predicted octanol–water partition coefficient (Wildman–Crippen LogP) is 3.58. The standard InChI is InChI=1S/C14H12F3NO2/c1-8-7-9(5-6-12(19)20)13-10(14(15,16)17)3-2-4-11(13)18-8/h2-4,7H,5-6H2,1H3,(H,19,20). The number of aromatic nitrogens is 1. The Morgan fingerprint density at radius 1 is 1.35 bits per heavy atom. The molecule has 1 aromatic carbocycles. The first kappa shape index (κ1) is 14.3. The normalized spacial score (nSPS) is 11.8. The molecule has 0 atom stereocenters. The maximum atomic E-state index is 13.1. The molecule has 0 saturated heterocycles. The molecule has 106 valence electrons. The third-order valence-corrected chi connectivity index (χ3v) is 2.96. The molecule has 2 rings (SSSR count). The first-order valence-corrected chi connectivity index (χ1v) is 5.97. The number of halogens is 3. The van der Waals surface area contributed by atoms with Crippen LogP contribution in [0.15, 0.2) is 24.3 Å². The Morgan fingerprint density at radius 3 is 2.65 bits per heavy atom. The summed E-state index contributed by atoms with van der Waals surface area (Å²) in [6.07, 6.45) is -4.67. The Kier molecular flexibility index (Phi) is 3.65. The van der Waals surface area contributed by atoms with E-state index in [1.165, 1.54) is 18.2 Å². The van der Waals surface area contributed by atoms with E-state index in [1.54, 1.807) is 6.92 Å². The summed E-state index contributed by atoms with van der Waals surface area (Å²) in [6, 6.07) is 5.31. The Morgan fingerprint density at radius 2 is 2.05 bits per heavy atom. The van der Waals surface area contributed by atoms with Crippen LogP contribution in [0.5, 0.6) is 0 Å². The Balaban J connectivity index is 2.68. The number of hydrogen-bond donors (Lipinski definition) is 1. The minimum absolute atomic E-state index is 0.00755. The molecule has 0 amide bonds. The second-order valence-electron chi connectivity index (χ2n) is 4.51. The largest absolute Gasteiger partial charge is 0.481 e. The lowest BCUT2D eigenvalue weighted by atomic mass is 9.98. The number of hydrogen-bond acceptors (Lipinski definition) is 2. The van der Waals surface area contributed by atoms with Gasteiger partial charge in [-0.1, -0.05) is 6.07 Å². The average Bonchev–Trinajstić information content (AvgIpc) is 2.33. The Labute approximate surface area is 113 Å². The summed E-state index contributed by atoms with van der Waals surface area (Å²) in [5.74, 6) is -1.04. The molecule has 0 aliphatic rings. The molecule has 1 N–H and O–H groups in total. The number of alkyl halides is 3. The molecule has 0 radical (unpaired) electrons. The van der Waals surface area contributed by atoms with E-state index in [2.05, 4.69) is 4.98 Å². The molecular formula is C14H12F3NO2. The molecule has 3 nitrogen and oxygen atoms in total. The molecule has 0 fully saturated rings. The molecule has 0 spiro atoms. The van der Waals surface area contributed by atoms with Crippen LogP contribution < -0.4 is 0 Å². The highest BCUT2D eigenvalue weighted by molar-refractivity contribution is 5.87. The van der Waals surface area contributed by atoms with Crippen molar-refractivity contribution in [1.29, 1.82) is 0 Å². The zero-order chi connectivity index (χ0) is 14.9. The Bertz CT molecular complexity index is 665. The van der Waals surface area contributed by atoms with E-state index in [4.69, 9.17) is 5.11 Å². The molecule has 6 heteroatoms. The van der Waals surface area contributed by atoms with Gasteiger partial charge in [-0.2, -0.15) is 13.2 Å². The third kappa shape index (κ3) is 2.89. The molecule has 0 aliphatic heterocycles. The lowest BCUT2D eigenvalue weighted by molar-refractivity contribution is -0.137. The van der Waals surface area contributed by atoms with E-state index in [0.717, 1.165) is 6.07 Å². The molecular weight excluding hydrogens is 271 g/mol. The van der Waals surface area contributed by atoms with Gasteiger partial charge in [0.2, 0.25) is 0 Å². The highest BCUT2D eigenvalue weighted by Gasteiger charge is 2.33. The highest BCUT2D eigenvalue weighted by Crippen LogP contribution is 2.36. The van der Waals surface area contributed by atoms with Gasteiger partial charge < -0.3 is 5.11 Å². The van der Waals surface area contributed by atoms with Crippen molar-refractivity contribution in [3.63, 3.8) is 0 Å². The zero-order valence-electron chi connectivity index (χ0n) is 10.7. The van der Waals surface area contributed by atoms with Crippen LogP contribution in [0.2, 0.25) is 0 Å². The summed E-state index contributed by atoms with van der Waals surface area (Å²) >= 11 is 0. The van der Waals surface area contributed by atoms with Crippen LogP contribution in [0.25, 0.3) is 10.9 Å². The topological polar surface area (TPSA) is 50.2 Å². The summed E-state index contributed by atoms with van der Waals surface area (Å²) < 4.78 is 39.2. The van der Waals surface area contributed by atoms with Gasteiger partial charge in [-0.15, -0.1) is 0 Å². The number of rotatable bonds is 3. The lowest BCUT2D eigenvalue weighted by Gasteiger charge is -2.14. The molecule has 0 unspecified atom stereocenters. The van der Waals surface area contributed by atoms with Crippen LogP contribution in [0.1, 0.15) is 23.2 Å². The quantitative estimate of drug-likeness (QED) is 0.936. The van der Waals surface area contributed by atoms with E-state index < -0.39 is 17.7 Å². The number of carboxylic acid groups (broad SMARTS) is 1. The summed E-state index contributed by atoms with van der Waals surface area (Å²) in [7, 11) is 0. The number of nitrogens with zero attached hydrogens (tertiary/aromatic N) is 1. The number of carbonyl (C=O) groups is 1. The van der Waals surface area contributed by atoms with E-state index >= 15 is 0 Å². The maximum absolute atomic E-state index is 13.1. The summed E-state index contributed by atoms with van der Waals surface area (Å²) in [5.41, 5.74) is 0.392. The van der Waals surface area contributed by atoms with Crippen molar-refractivity contribution < 1.29 is 23.1 Å². The fraction of sp³-hybridized carbons (Fsp3) is 0.286. The predicted molar refractivity (Wildman–Crippen MR) is 67.4 cm³/mol. The minimum atomic E-state index is -4.49. The zero-order valence-corrected chi connectivity index (χ0v) is 10.7. The van der Waals surface area contributed by atoms with E-state index in [-0.39, 0.29) is 23.7 Å². The van der Waals surface area contributed by atoms with E-state index in [1.807, 2.05) is 0 Å². The van der Waals surface area contributed by atoms with Crippen molar-refractivity contribution in [1.82, 2.24) is 4.98 Å². The van der Waals surface area contributed by atoms with Gasteiger partial charge in [-0.05, 0) is 37.1 Å². The SMILES string of the molecule is Cc1cc(CCC(=O)O)c2c(C(F)(F)F)cccc2n1. The van der Waals surface area contributed by atoms with Gasteiger partial charge in [-0.3, -0.25) is 9.78 Å². The van der Waals surface area contributed by atoms with Crippen LogP contribution in [0.3, 0.4) is 0 Å². The van der Waals surface area contributed by atoms with Gasteiger partial charge in [0.15, 0.2) is 0 Å². The molecule has 0 aliphatic carbocycles. The monoisotopic (exact) mass is 283 g/mol. The van der Waals surface area contributed by atoms with Crippen LogP contribution in [-0.4, -0.2) is 16.1 Å². The number of fused-ring (bicyclic) bond motifs is 1. The van der Waals surface area contributed by atoms with Gasteiger partial charge in [-0.25, -0.2) is 0 Å². The van der Waals surface area contributed by atoms with Gasteiger partial charge in [0, 0.05) is 17.5 Å². The van der Waals surface area contributed by atoms with Crippen molar-refractivity contribution in [2.24, 2.45) is 0 Å². The van der Waals surface area contributed by atoms with Crippen molar-refractivity contribution in [3.8, 4) is 0 Å². The van der Waals surface area contributed by atoms with Gasteiger partial charge in [0.1, 0.15) is 0 Å². The van der Waals surface area contributed by atoms with Crippen LogP contribution in [0.4, 0.5) is 13.2 Å². The second-order valence-corrected chi connectivity index (χ2v) is 4.51. The summed E-state index contributed by atoms with van der Waals surface area (Å²) in [5, 5.41) is 8.70. The molecule has 2 aromatic rings. The van der Waals surface area contributed by atoms with Crippen molar-refractivity contribution in [3.05, 3.63) is 41.1 Å². The summed E-state index contributed by atoms with van der Waals surface area (Å²) in [6.45, 7) is 1.67. The number of benzene rings is 1. The minimum Gasteiger partial charge on any atom is -0.481 e. The number of aryl methyl sites for hydroxylation is 2. The van der Waals surface area contributed by atoms with Gasteiger partial charge in [0.05, 0.1) is 11.1 Å². The number of pyridine rings is 1. The van der Waals surface area contributed by atoms with Crippen LogP contribution >= 0.6 is 0 Å². The van der Waals surface area contributed by atoms with Crippen molar-refractivity contribution in [2.45, 2.75) is 25.9 Å². The second kappa shape index (κ2) is 5.11. The van der Waals surface area contributed by atoms with E-state index in [0.29, 0.717) is 11.3 Å². The first-order chi connectivity index (χ1) is 9.29. The van der Waals surface area contributed by atoms with Gasteiger partial charge in [0.25, 0.3) is 0 Å². The molecule has 0 bridgehead atoms. The fourth-order valence-electron chi connectivity index (χ4n) is 2.19. The molecule has 1 heterocycles. The third-order valence-electron chi connectivity index (χ3n) is 2.96. The molecule has 0 saturated carbocycles. The fourth-order valence-corrected chi connectivity index (χ4v) is 2.19. The Hall–Kier alpha value is -2.11.